The van der Waals surface area contributed by atoms with E-state index in [4.69, 9.17) is 0 Å². The van der Waals surface area contributed by atoms with Crippen LogP contribution in [0.5, 0.6) is 0 Å². The summed E-state index contributed by atoms with van der Waals surface area (Å²) in [7, 11) is 1.79. The molecule has 0 heterocycles. The summed E-state index contributed by atoms with van der Waals surface area (Å²) in [5, 5.41) is 0. The van der Waals surface area contributed by atoms with Crippen LogP contribution in [0.4, 0.5) is 4.39 Å². The Morgan fingerprint density at radius 2 is 1.93 bits per heavy atom. The van der Waals surface area contributed by atoms with E-state index in [0.717, 1.165) is 23.3 Å². The Kier molecular flexibility index (Phi) is 4.22. The molecule has 0 aliphatic rings. The summed E-state index contributed by atoms with van der Waals surface area (Å²) < 4.78 is 12.7. The van der Waals surface area contributed by atoms with Crippen LogP contribution < -0.4 is 0 Å². The van der Waals surface area contributed by atoms with Crippen LogP contribution >= 0.6 is 0 Å². The van der Waals surface area contributed by atoms with Gasteiger partial charge in [0.05, 0.1) is 0 Å². The number of hydrogen-bond acceptors (Lipinski definition) is 1. The maximum Gasteiger partial charge on any atom is 0.123 e. The summed E-state index contributed by atoms with van der Waals surface area (Å²) in [5.41, 5.74) is 3.22. The Labute approximate surface area is 90.4 Å². The van der Waals surface area contributed by atoms with Crippen molar-refractivity contribution in [3.63, 3.8) is 0 Å². The van der Waals surface area contributed by atoms with E-state index in [0.29, 0.717) is 0 Å². The minimum absolute atomic E-state index is 0.204. The van der Waals surface area contributed by atoms with Gasteiger partial charge in [-0.05, 0) is 36.6 Å². The van der Waals surface area contributed by atoms with Gasteiger partial charge in [-0.2, -0.15) is 0 Å². The second-order valence-electron chi connectivity index (χ2n) is 3.40. The predicted octanol–water partition coefficient (Wildman–Crippen LogP) is 3.71. The van der Waals surface area contributed by atoms with Crippen LogP contribution in [-0.2, 0) is 0 Å². The minimum atomic E-state index is -0.204. The molecule has 0 bridgehead atoms. The quantitative estimate of drug-likeness (QED) is 0.667. The predicted molar refractivity (Wildman–Crippen MR) is 63.7 cm³/mol. The van der Waals surface area contributed by atoms with E-state index in [1.165, 1.54) is 12.1 Å². The molecule has 0 aliphatic carbocycles. The highest BCUT2D eigenvalue weighted by Gasteiger charge is 1.98. The van der Waals surface area contributed by atoms with Crippen LogP contribution in [0, 0.1) is 5.82 Å². The minimum Gasteiger partial charge on any atom is -0.293 e. The van der Waals surface area contributed by atoms with Crippen LogP contribution in [0.3, 0.4) is 0 Å². The Hall–Kier alpha value is -1.44. The first-order chi connectivity index (χ1) is 7.17. The molecule has 80 valence electrons. The van der Waals surface area contributed by atoms with Gasteiger partial charge in [0.1, 0.15) is 5.82 Å². The van der Waals surface area contributed by atoms with Crippen LogP contribution in [0.2, 0.25) is 0 Å². The van der Waals surface area contributed by atoms with Crippen molar-refractivity contribution in [2.24, 2.45) is 4.99 Å². The summed E-state index contributed by atoms with van der Waals surface area (Å²) in [4.78, 5) is 4.19. The SMILES string of the molecule is CCC(=NC)/C(C)=C/c1ccc(F)cc1. The van der Waals surface area contributed by atoms with Gasteiger partial charge in [0.15, 0.2) is 0 Å². The van der Waals surface area contributed by atoms with Crippen molar-refractivity contribution in [3.8, 4) is 0 Å². The van der Waals surface area contributed by atoms with Crippen molar-refractivity contribution in [2.45, 2.75) is 20.3 Å². The summed E-state index contributed by atoms with van der Waals surface area (Å²) >= 11 is 0. The zero-order valence-corrected chi connectivity index (χ0v) is 9.42. The number of benzene rings is 1. The van der Waals surface area contributed by atoms with Gasteiger partial charge < -0.3 is 0 Å². The Balaban J connectivity index is 2.92. The van der Waals surface area contributed by atoms with E-state index in [1.807, 2.05) is 13.0 Å². The topological polar surface area (TPSA) is 12.4 Å². The molecular formula is C13H16FN. The van der Waals surface area contributed by atoms with Gasteiger partial charge in [-0.15, -0.1) is 0 Å². The summed E-state index contributed by atoms with van der Waals surface area (Å²) in [6.07, 6.45) is 2.94. The fourth-order valence-electron chi connectivity index (χ4n) is 1.51. The molecule has 15 heavy (non-hydrogen) atoms. The van der Waals surface area contributed by atoms with Gasteiger partial charge in [0.2, 0.25) is 0 Å². The third-order valence-electron chi connectivity index (χ3n) is 2.31. The molecule has 0 radical (unpaired) electrons. The first-order valence-corrected chi connectivity index (χ1v) is 5.07. The molecule has 0 N–H and O–H groups in total. The molecule has 0 saturated carbocycles. The van der Waals surface area contributed by atoms with Gasteiger partial charge in [-0.25, -0.2) is 4.39 Å². The molecule has 1 aromatic carbocycles. The molecule has 0 atom stereocenters. The lowest BCUT2D eigenvalue weighted by molar-refractivity contribution is 0.628. The van der Waals surface area contributed by atoms with E-state index >= 15 is 0 Å². The van der Waals surface area contributed by atoms with Crippen LogP contribution in [0.1, 0.15) is 25.8 Å². The highest BCUT2D eigenvalue weighted by Crippen LogP contribution is 2.10. The average Bonchev–Trinajstić information content (AvgIpc) is 2.23. The third-order valence-corrected chi connectivity index (χ3v) is 2.31. The normalized spacial score (nSPS) is 13.1. The van der Waals surface area contributed by atoms with E-state index in [-0.39, 0.29) is 5.82 Å². The van der Waals surface area contributed by atoms with Gasteiger partial charge in [-0.1, -0.05) is 25.1 Å². The number of allylic oxidation sites excluding steroid dienone is 1. The van der Waals surface area contributed by atoms with Crippen LogP contribution in [0.15, 0.2) is 34.8 Å². The highest BCUT2D eigenvalue weighted by molar-refractivity contribution is 6.02. The number of aliphatic imine (C=N–C) groups is 1. The van der Waals surface area contributed by atoms with Crippen molar-refractivity contribution in [1.29, 1.82) is 0 Å². The standard InChI is InChI=1S/C13H16FN/c1-4-13(15-3)10(2)9-11-5-7-12(14)8-6-11/h5-9H,4H2,1-3H3/b10-9+,15-13?. The smallest absolute Gasteiger partial charge is 0.123 e. The number of hydrogen-bond donors (Lipinski definition) is 0. The third kappa shape index (κ3) is 3.31. The van der Waals surface area contributed by atoms with Crippen molar-refractivity contribution in [2.75, 3.05) is 7.05 Å². The van der Waals surface area contributed by atoms with Crippen molar-refractivity contribution >= 4 is 11.8 Å². The highest BCUT2D eigenvalue weighted by atomic mass is 19.1. The molecule has 0 unspecified atom stereocenters. The first kappa shape index (κ1) is 11.6. The molecule has 1 aromatic rings. The molecular weight excluding hydrogens is 189 g/mol. The van der Waals surface area contributed by atoms with E-state index in [1.54, 1.807) is 19.2 Å². The lowest BCUT2D eigenvalue weighted by Crippen LogP contribution is -1.97. The summed E-state index contributed by atoms with van der Waals surface area (Å²) in [6, 6.07) is 6.46. The summed E-state index contributed by atoms with van der Waals surface area (Å²) in [6.45, 7) is 4.10. The average molecular weight is 205 g/mol. The van der Waals surface area contributed by atoms with Gasteiger partial charge in [0.25, 0.3) is 0 Å². The van der Waals surface area contributed by atoms with Gasteiger partial charge >= 0.3 is 0 Å². The fraction of sp³-hybridized carbons (Fsp3) is 0.308. The number of halogens is 1. The van der Waals surface area contributed by atoms with Crippen molar-refractivity contribution < 1.29 is 4.39 Å². The van der Waals surface area contributed by atoms with Crippen LogP contribution in [0.25, 0.3) is 6.08 Å². The zero-order valence-electron chi connectivity index (χ0n) is 9.42. The lowest BCUT2D eigenvalue weighted by atomic mass is 10.1. The number of rotatable bonds is 3. The van der Waals surface area contributed by atoms with E-state index < -0.39 is 0 Å². The first-order valence-electron chi connectivity index (χ1n) is 5.07. The van der Waals surface area contributed by atoms with Crippen LogP contribution in [-0.4, -0.2) is 12.8 Å². The molecule has 0 aromatic heterocycles. The number of nitrogens with zero attached hydrogens (tertiary/aromatic N) is 1. The molecule has 2 heteroatoms. The molecule has 0 fully saturated rings. The van der Waals surface area contributed by atoms with E-state index in [2.05, 4.69) is 11.9 Å². The monoisotopic (exact) mass is 205 g/mol. The van der Waals surface area contributed by atoms with Crippen molar-refractivity contribution in [3.05, 3.63) is 41.2 Å². The lowest BCUT2D eigenvalue weighted by Gasteiger charge is -2.02. The van der Waals surface area contributed by atoms with Gasteiger partial charge in [0, 0.05) is 12.8 Å². The molecule has 0 saturated heterocycles. The zero-order chi connectivity index (χ0) is 11.3. The molecule has 1 nitrogen and oxygen atoms in total. The molecule has 0 aliphatic heterocycles. The molecule has 1 rings (SSSR count). The Morgan fingerprint density at radius 3 is 2.40 bits per heavy atom. The maximum absolute atomic E-state index is 12.7. The second-order valence-corrected chi connectivity index (χ2v) is 3.40. The Bertz CT molecular complexity index is 374. The molecule has 0 spiro atoms. The van der Waals surface area contributed by atoms with Gasteiger partial charge in [-0.3, -0.25) is 4.99 Å². The molecule has 0 amide bonds. The Morgan fingerprint density at radius 1 is 1.33 bits per heavy atom. The largest absolute Gasteiger partial charge is 0.293 e. The maximum atomic E-state index is 12.7. The summed E-state index contributed by atoms with van der Waals surface area (Å²) in [5.74, 6) is -0.204. The van der Waals surface area contributed by atoms with Crippen molar-refractivity contribution in [1.82, 2.24) is 0 Å². The second kappa shape index (κ2) is 5.44. The van der Waals surface area contributed by atoms with E-state index in [9.17, 15) is 4.39 Å². The fourth-order valence-corrected chi connectivity index (χ4v) is 1.51.